The van der Waals surface area contributed by atoms with Gasteiger partial charge in [-0.15, -0.1) is 0 Å². The van der Waals surface area contributed by atoms with Crippen molar-refractivity contribution in [3.63, 3.8) is 0 Å². The minimum atomic E-state index is 0.206. The van der Waals surface area contributed by atoms with Gasteiger partial charge in [-0.2, -0.15) is 20.1 Å². The number of anilines is 1. The average molecular weight is 254 g/mol. The summed E-state index contributed by atoms with van der Waals surface area (Å²) in [6, 6.07) is 0.206. The molecule has 0 aliphatic rings. The molecule has 0 aromatic carbocycles. The Hall–Kier alpha value is -1.94. The van der Waals surface area contributed by atoms with Crippen LogP contribution in [0.25, 0.3) is 0 Å². The van der Waals surface area contributed by atoms with Crippen molar-refractivity contribution < 1.29 is 4.74 Å². The standard InChI is InChI=1S/C7H10N8OS/c1-2-16-5-11-4(14-8)12-7(13-5)17-6-9-3-10-15-6/h3H,2,8H2,1H3,(H,9,10,15)(H,11,12,13,14). The van der Waals surface area contributed by atoms with Gasteiger partial charge in [-0.3, -0.25) is 10.5 Å². The predicted octanol–water partition coefficient (Wildman–Crippen LogP) is -0.175. The lowest BCUT2D eigenvalue weighted by atomic mass is 10.8. The lowest BCUT2D eigenvalue weighted by molar-refractivity contribution is 0.308. The first-order valence-corrected chi connectivity index (χ1v) is 5.52. The topological polar surface area (TPSA) is 128 Å². The Morgan fingerprint density at radius 1 is 1.47 bits per heavy atom. The van der Waals surface area contributed by atoms with Gasteiger partial charge < -0.3 is 4.74 Å². The molecule has 0 radical (unpaired) electrons. The van der Waals surface area contributed by atoms with Crippen LogP contribution in [0.4, 0.5) is 5.95 Å². The van der Waals surface area contributed by atoms with Crippen LogP contribution in [-0.4, -0.2) is 36.7 Å². The number of hydrogen-bond acceptors (Lipinski definition) is 9. The summed E-state index contributed by atoms with van der Waals surface area (Å²) in [6.07, 6.45) is 1.40. The number of nitrogens with two attached hydrogens (primary N) is 1. The van der Waals surface area contributed by atoms with Gasteiger partial charge in [0, 0.05) is 0 Å². The maximum atomic E-state index is 5.25. The molecule has 0 saturated carbocycles. The van der Waals surface area contributed by atoms with Gasteiger partial charge in [0.1, 0.15) is 6.33 Å². The summed E-state index contributed by atoms with van der Waals surface area (Å²) in [4.78, 5) is 16.0. The lowest BCUT2D eigenvalue weighted by Crippen LogP contribution is -2.12. The molecular weight excluding hydrogens is 244 g/mol. The number of ether oxygens (including phenoxy) is 1. The highest BCUT2D eigenvalue weighted by atomic mass is 32.2. The van der Waals surface area contributed by atoms with E-state index in [0.717, 1.165) is 0 Å². The van der Waals surface area contributed by atoms with Crippen LogP contribution in [0.1, 0.15) is 6.92 Å². The minimum Gasteiger partial charge on any atom is -0.464 e. The number of nitrogens with one attached hydrogen (secondary N) is 2. The zero-order valence-electron chi connectivity index (χ0n) is 8.91. The van der Waals surface area contributed by atoms with E-state index in [1.165, 1.54) is 18.1 Å². The molecule has 0 unspecified atom stereocenters. The normalized spacial score (nSPS) is 10.2. The van der Waals surface area contributed by atoms with Gasteiger partial charge in [0.15, 0.2) is 5.16 Å². The molecular formula is C7H10N8OS. The van der Waals surface area contributed by atoms with Gasteiger partial charge in [0.25, 0.3) is 0 Å². The Kier molecular flexibility index (Phi) is 3.67. The van der Waals surface area contributed by atoms with Gasteiger partial charge in [-0.1, -0.05) is 0 Å². The first kappa shape index (κ1) is 11.5. The molecule has 2 aromatic rings. The summed E-state index contributed by atoms with van der Waals surface area (Å²) in [5.41, 5.74) is 2.34. The quantitative estimate of drug-likeness (QED) is 0.491. The maximum absolute atomic E-state index is 5.25. The molecule has 0 bridgehead atoms. The van der Waals surface area contributed by atoms with E-state index < -0.39 is 0 Å². The molecule has 2 heterocycles. The van der Waals surface area contributed by atoms with Crippen LogP contribution in [0.3, 0.4) is 0 Å². The molecule has 0 saturated heterocycles. The number of nitrogens with zero attached hydrogens (tertiary/aromatic N) is 5. The van der Waals surface area contributed by atoms with Crippen molar-refractivity contribution in [1.29, 1.82) is 0 Å². The SMILES string of the molecule is CCOc1nc(NN)nc(Sc2ncn[nH]2)n1. The first-order valence-electron chi connectivity index (χ1n) is 4.70. The van der Waals surface area contributed by atoms with Gasteiger partial charge >= 0.3 is 6.01 Å². The van der Waals surface area contributed by atoms with E-state index in [1.807, 2.05) is 6.92 Å². The highest BCUT2D eigenvalue weighted by Crippen LogP contribution is 2.22. The summed E-state index contributed by atoms with van der Waals surface area (Å²) in [5.74, 6) is 5.48. The molecule has 0 amide bonds. The summed E-state index contributed by atoms with van der Waals surface area (Å²) in [6.45, 7) is 2.29. The third-order valence-corrected chi connectivity index (χ3v) is 2.33. The molecule has 2 aromatic heterocycles. The number of hydrogen-bond donors (Lipinski definition) is 3. The summed E-state index contributed by atoms with van der Waals surface area (Å²) in [7, 11) is 0. The van der Waals surface area contributed by atoms with E-state index in [-0.39, 0.29) is 12.0 Å². The van der Waals surface area contributed by atoms with Gasteiger partial charge in [0.2, 0.25) is 11.1 Å². The fourth-order valence-electron chi connectivity index (χ4n) is 0.972. The Bertz CT molecular complexity index is 475. The second kappa shape index (κ2) is 5.41. The van der Waals surface area contributed by atoms with Crippen LogP contribution in [-0.2, 0) is 0 Å². The van der Waals surface area contributed by atoms with Crippen molar-refractivity contribution in [2.75, 3.05) is 12.0 Å². The number of rotatable bonds is 5. The number of hydrazine groups is 1. The molecule has 90 valence electrons. The molecule has 0 aliphatic heterocycles. The third kappa shape index (κ3) is 3.01. The van der Waals surface area contributed by atoms with Crippen molar-refractivity contribution in [3.8, 4) is 6.01 Å². The monoisotopic (exact) mass is 254 g/mol. The van der Waals surface area contributed by atoms with E-state index in [4.69, 9.17) is 10.6 Å². The van der Waals surface area contributed by atoms with Crippen LogP contribution < -0.4 is 16.0 Å². The van der Waals surface area contributed by atoms with E-state index in [1.54, 1.807) is 0 Å². The molecule has 0 fully saturated rings. The molecule has 4 N–H and O–H groups in total. The van der Waals surface area contributed by atoms with E-state index in [9.17, 15) is 0 Å². The first-order chi connectivity index (χ1) is 8.31. The van der Waals surface area contributed by atoms with Crippen LogP contribution in [0.15, 0.2) is 16.6 Å². The second-order valence-corrected chi connectivity index (χ2v) is 3.65. The molecule has 17 heavy (non-hydrogen) atoms. The highest BCUT2D eigenvalue weighted by molar-refractivity contribution is 7.99. The Balaban J connectivity index is 2.23. The lowest BCUT2D eigenvalue weighted by Gasteiger charge is -2.04. The number of H-pyrrole nitrogens is 1. The summed E-state index contributed by atoms with van der Waals surface area (Å²) in [5, 5.41) is 7.38. The average Bonchev–Trinajstić information content (AvgIpc) is 2.82. The fraction of sp³-hybridized carbons (Fsp3) is 0.286. The van der Waals surface area contributed by atoms with Crippen LogP contribution in [0, 0.1) is 0 Å². The summed E-state index contributed by atoms with van der Waals surface area (Å²) < 4.78 is 5.19. The zero-order chi connectivity index (χ0) is 12.1. The molecule has 0 aliphatic carbocycles. The second-order valence-electron chi connectivity index (χ2n) is 2.69. The van der Waals surface area contributed by atoms with Crippen LogP contribution >= 0.6 is 11.8 Å². The largest absolute Gasteiger partial charge is 0.464 e. The maximum Gasteiger partial charge on any atom is 0.322 e. The van der Waals surface area contributed by atoms with E-state index in [2.05, 4.69) is 35.6 Å². The zero-order valence-corrected chi connectivity index (χ0v) is 9.73. The van der Waals surface area contributed by atoms with Crippen LogP contribution in [0.2, 0.25) is 0 Å². The van der Waals surface area contributed by atoms with Crippen molar-refractivity contribution in [1.82, 2.24) is 30.1 Å². The number of nitrogen functional groups attached to an aromatic ring is 1. The number of aromatic nitrogens is 6. The smallest absolute Gasteiger partial charge is 0.322 e. The Morgan fingerprint density at radius 2 is 2.35 bits per heavy atom. The number of aromatic amines is 1. The van der Waals surface area contributed by atoms with Gasteiger partial charge in [0.05, 0.1) is 6.61 Å². The van der Waals surface area contributed by atoms with Crippen molar-refractivity contribution in [3.05, 3.63) is 6.33 Å². The van der Waals surface area contributed by atoms with Crippen molar-refractivity contribution in [2.45, 2.75) is 17.2 Å². The summed E-state index contributed by atoms with van der Waals surface area (Å²) >= 11 is 1.20. The van der Waals surface area contributed by atoms with Gasteiger partial charge in [-0.25, -0.2) is 10.8 Å². The fourth-order valence-corrected chi connectivity index (χ4v) is 1.60. The molecule has 9 nitrogen and oxygen atoms in total. The Morgan fingerprint density at radius 3 is 3.00 bits per heavy atom. The molecule has 10 heteroatoms. The minimum absolute atomic E-state index is 0.206. The predicted molar refractivity (Wildman–Crippen MR) is 59.3 cm³/mol. The molecule has 2 rings (SSSR count). The molecule has 0 atom stereocenters. The molecule has 0 spiro atoms. The van der Waals surface area contributed by atoms with Gasteiger partial charge in [-0.05, 0) is 18.7 Å². The van der Waals surface area contributed by atoms with Crippen molar-refractivity contribution in [2.24, 2.45) is 5.84 Å². The Labute approximate surface area is 101 Å². The third-order valence-electron chi connectivity index (χ3n) is 1.58. The van der Waals surface area contributed by atoms with Crippen molar-refractivity contribution >= 4 is 17.7 Å². The van der Waals surface area contributed by atoms with Crippen LogP contribution in [0.5, 0.6) is 6.01 Å². The van der Waals surface area contributed by atoms with E-state index in [0.29, 0.717) is 16.9 Å². The highest BCUT2D eigenvalue weighted by Gasteiger charge is 2.09. The van der Waals surface area contributed by atoms with E-state index >= 15 is 0 Å².